The topological polar surface area (TPSA) is 86.8 Å². The van der Waals surface area contributed by atoms with Crippen molar-refractivity contribution in [3.63, 3.8) is 0 Å². The smallest absolute Gasteiger partial charge is 0.223 e. The van der Waals surface area contributed by atoms with E-state index >= 15 is 0 Å². The Morgan fingerprint density at radius 3 is 2.72 bits per heavy atom. The van der Waals surface area contributed by atoms with Gasteiger partial charge < -0.3 is 15.2 Å². The van der Waals surface area contributed by atoms with Gasteiger partial charge in [0, 0.05) is 60.6 Å². The van der Waals surface area contributed by atoms with E-state index in [-0.39, 0.29) is 11.8 Å². The van der Waals surface area contributed by atoms with E-state index in [1.165, 1.54) is 10.9 Å². The Bertz CT molecular complexity index is 1180. The number of amides is 1. The molecule has 5 rings (SSSR count). The van der Waals surface area contributed by atoms with Crippen LogP contribution in [-0.4, -0.2) is 45.7 Å². The minimum Gasteiger partial charge on any atom is -0.361 e. The quantitative estimate of drug-likeness (QED) is 0.492. The molecule has 0 radical (unpaired) electrons. The molecule has 2 N–H and O–H groups in total. The standard InChI is InChI=1S/C25H26N6O/c32-25(27-13-9-19-17-28-23-6-2-1-5-21(19)23)18-10-14-31(15-11-18)24-8-7-22(29-30-24)20-4-3-12-26-16-20/h1-8,12,16-18,28H,9-11,13-15H2,(H,27,32). The number of carbonyl (C=O) groups excluding carboxylic acids is 1. The zero-order valence-electron chi connectivity index (χ0n) is 17.9. The van der Waals surface area contributed by atoms with E-state index in [1.807, 2.05) is 42.6 Å². The van der Waals surface area contributed by atoms with Crippen LogP contribution < -0.4 is 10.2 Å². The molecular formula is C25H26N6O. The van der Waals surface area contributed by atoms with Crippen LogP contribution in [0.4, 0.5) is 5.82 Å². The van der Waals surface area contributed by atoms with Crippen LogP contribution in [0.3, 0.4) is 0 Å². The number of aromatic nitrogens is 4. The van der Waals surface area contributed by atoms with Gasteiger partial charge in [-0.15, -0.1) is 10.2 Å². The van der Waals surface area contributed by atoms with Crippen LogP contribution in [0, 0.1) is 5.92 Å². The third-order valence-corrected chi connectivity index (χ3v) is 6.17. The third kappa shape index (κ3) is 4.32. The zero-order valence-corrected chi connectivity index (χ0v) is 17.9. The average molecular weight is 427 g/mol. The first-order valence-corrected chi connectivity index (χ1v) is 11.1. The molecule has 4 aromatic rings. The van der Waals surface area contributed by atoms with Gasteiger partial charge in [0.1, 0.15) is 0 Å². The second kappa shape index (κ2) is 9.18. The van der Waals surface area contributed by atoms with Crippen molar-refractivity contribution in [1.29, 1.82) is 0 Å². The van der Waals surface area contributed by atoms with Crippen molar-refractivity contribution >= 4 is 22.6 Å². The lowest BCUT2D eigenvalue weighted by atomic mass is 9.96. The number of rotatable bonds is 6. The SMILES string of the molecule is O=C(NCCc1c[nH]c2ccccc12)C1CCN(c2ccc(-c3cccnc3)nn2)CC1. The molecule has 3 aromatic heterocycles. The van der Waals surface area contributed by atoms with Gasteiger partial charge in [0.05, 0.1) is 5.69 Å². The number of H-pyrrole nitrogens is 1. The molecule has 0 aliphatic carbocycles. The fourth-order valence-electron chi connectivity index (χ4n) is 4.34. The van der Waals surface area contributed by atoms with Gasteiger partial charge in [-0.2, -0.15) is 0 Å². The van der Waals surface area contributed by atoms with E-state index in [2.05, 4.69) is 42.5 Å². The number of nitrogens with one attached hydrogen (secondary N) is 2. The van der Waals surface area contributed by atoms with Crippen LogP contribution in [0.2, 0.25) is 0 Å². The maximum absolute atomic E-state index is 12.7. The number of pyridine rings is 1. The van der Waals surface area contributed by atoms with Gasteiger partial charge >= 0.3 is 0 Å². The molecule has 1 amide bonds. The Kier molecular flexibility index (Phi) is 5.79. The number of aromatic amines is 1. The molecule has 0 atom stereocenters. The molecule has 7 nitrogen and oxygen atoms in total. The number of hydrogen-bond donors (Lipinski definition) is 2. The van der Waals surface area contributed by atoms with Gasteiger partial charge in [0.25, 0.3) is 0 Å². The summed E-state index contributed by atoms with van der Waals surface area (Å²) in [7, 11) is 0. The first-order chi connectivity index (χ1) is 15.8. The Morgan fingerprint density at radius 1 is 1.06 bits per heavy atom. The first kappa shape index (κ1) is 20.2. The number of hydrogen-bond acceptors (Lipinski definition) is 5. The molecule has 0 saturated carbocycles. The number of piperidine rings is 1. The summed E-state index contributed by atoms with van der Waals surface area (Å²) in [6.45, 7) is 2.27. The highest BCUT2D eigenvalue weighted by Crippen LogP contribution is 2.23. The maximum atomic E-state index is 12.7. The Morgan fingerprint density at radius 2 is 1.94 bits per heavy atom. The van der Waals surface area contributed by atoms with E-state index < -0.39 is 0 Å². The monoisotopic (exact) mass is 426 g/mol. The fraction of sp³-hybridized carbons (Fsp3) is 0.280. The maximum Gasteiger partial charge on any atom is 0.223 e. The lowest BCUT2D eigenvalue weighted by molar-refractivity contribution is -0.125. The van der Waals surface area contributed by atoms with Crippen LogP contribution in [0.25, 0.3) is 22.2 Å². The van der Waals surface area contributed by atoms with Crippen LogP contribution in [0.1, 0.15) is 18.4 Å². The van der Waals surface area contributed by atoms with Crippen LogP contribution >= 0.6 is 0 Å². The predicted molar refractivity (Wildman–Crippen MR) is 125 cm³/mol. The summed E-state index contributed by atoms with van der Waals surface area (Å²) in [5.74, 6) is 1.06. The molecule has 0 bridgehead atoms. The van der Waals surface area contributed by atoms with Crippen molar-refractivity contribution in [3.8, 4) is 11.3 Å². The first-order valence-electron chi connectivity index (χ1n) is 11.1. The summed E-state index contributed by atoms with van der Waals surface area (Å²) < 4.78 is 0. The molecule has 0 unspecified atom stereocenters. The van der Waals surface area contributed by atoms with E-state index in [9.17, 15) is 4.79 Å². The largest absolute Gasteiger partial charge is 0.361 e. The number of carbonyl (C=O) groups is 1. The van der Waals surface area contributed by atoms with Crippen LogP contribution in [0.15, 0.2) is 67.1 Å². The summed E-state index contributed by atoms with van der Waals surface area (Å²) in [4.78, 5) is 22.3. The highest BCUT2D eigenvalue weighted by molar-refractivity contribution is 5.83. The number of anilines is 1. The molecule has 1 fully saturated rings. The second-order valence-corrected chi connectivity index (χ2v) is 8.18. The molecule has 4 heterocycles. The number of nitrogens with zero attached hydrogens (tertiary/aromatic N) is 4. The van der Waals surface area contributed by atoms with E-state index in [4.69, 9.17) is 0 Å². The highest BCUT2D eigenvalue weighted by Gasteiger charge is 2.25. The highest BCUT2D eigenvalue weighted by atomic mass is 16.1. The Labute approximate surface area is 186 Å². The van der Waals surface area contributed by atoms with E-state index in [0.717, 1.165) is 54.9 Å². The molecule has 1 saturated heterocycles. The van der Waals surface area contributed by atoms with Gasteiger partial charge in [-0.25, -0.2) is 0 Å². The average Bonchev–Trinajstić information content (AvgIpc) is 3.28. The van der Waals surface area contributed by atoms with Crippen molar-refractivity contribution < 1.29 is 4.79 Å². The summed E-state index contributed by atoms with van der Waals surface area (Å²) in [6, 6.07) is 16.1. The van der Waals surface area contributed by atoms with Crippen molar-refractivity contribution in [3.05, 3.63) is 72.7 Å². The van der Waals surface area contributed by atoms with Gasteiger partial charge in [-0.3, -0.25) is 9.78 Å². The van der Waals surface area contributed by atoms with Crippen molar-refractivity contribution in [2.45, 2.75) is 19.3 Å². The third-order valence-electron chi connectivity index (χ3n) is 6.17. The minimum absolute atomic E-state index is 0.0526. The van der Waals surface area contributed by atoms with E-state index in [1.54, 1.807) is 12.4 Å². The molecule has 32 heavy (non-hydrogen) atoms. The number of benzene rings is 1. The summed E-state index contributed by atoms with van der Waals surface area (Å²) in [5, 5.41) is 13.1. The van der Waals surface area contributed by atoms with Gasteiger partial charge in [0.2, 0.25) is 5.91 Å². The van der Waals surface area contributed by atoms with Crippen LogP contribution in [0.5, 0.6) is 0 Å². The van der Waals surface area contributed by atoms with Crippen molar-refractivity contribution in [2.24, 2.45) is 5.92 Å². The molecular weight excluding hydrogens is 400 g/mol. The molecule has 0 spiro atoms. The Balaban J connectivity index is 1.11. The lowest BCUT2D eigenvalue weighted by Gasteiger charge is -2.31. The molecule has 1 aromatic carbocycles. The molecule has 7 heteroatoms. The molecule has 1 aliphatic rings. The summed E-state index contributed by atoms with van der Waals surface area (Å²) >= 11 is 0. The van der Waals surface area contributed by atoms with Crippen molar-refractivity contribution in [1.82, 2.24) is 25.5 Å². The number of para-hydroxylation sites is 1. The lowest BCUT2D eigenvalue weighted by Crippen LogP contribution is -2.41. The molecule has 1 aliphatic heterocycles. The van der Waals surface area contributed by atoms with Crippen molar-refractivity contribution in [2.75, 3.05) is 24.5 Å². The fourth-order valence-corrected chi connectivity index (χ4v) is 4.34. The zero-order chi connectivity index (χ0) is 21.8. The van der Waals surface area contributed by atoms with Crippen LogP contribution in [-0.2, 0) is 11.2 Å². The summed E-state index contributed by atoms with van der Waals surface area (Å²) in [5.41, 5.74) is 4.14. The second-order valence-electron chi connectivity index (χ2n) is 8.18. The normalized spacial score (nSPS) is 14.6. The van der Waals surface area contributed by atoms with E-state index in [0.29, 0.717) is 6.54 Å². The van der Waals surface area contributed by atoms with Gasteiger partial charge in [0.15, 0.2) is 5.82 Å². The van der Waals surface area contributed by atoms with Gasteiger partial charge in [-0.1, -0.05) is 18.2 Å². The Hall–Kier alpha value is -3.74. The number of fused-ring (bicyclic) bond motifs is 1. The molecule has 162 valence electrons. The predicted octanol–water partition coefficient (Wildman–Crippen LogP) is 3.60. The minimum atomic E-state index is 0.0526. The summed E-state index contributed by atoms with van der Waals surface area (Å²) in [6.07, 6.45) is 8.04. The van der Waals surface area contributed by atoms with Gasteiger partial charge in [-0.05, 0) is 55.2 Å².